The molecule has 0 spiro atoms. The van der Waals surface area contributed by atoms with Gasteiger partial charge in [-0.3, -0.25) is 34.2 Å². The lowest BCUT2D eigenvalue weighted by Gasteiger charge is -2.34. The molecular weight excluding hydrogens is 545 g/mol. The van der Waals surface area contributed by atoms with Crippen molar-refractivity contribution in [2.45, 2.75) is 64.8 Å². The molecule has 226 valence electrons. The molecule has 0 radical (unpaired) electrons. The summed E-state index contributed by atoms with van der Waals surface area (Å²) in [4.78, 5) is 66.7. The second-order valence-corrected chi connectivity index (χ2v) is 11.0. The number of morpholine rings is 1. The number of nitrogens with one attached hydrogen (secondary N) is 2. The van der Waals surface area contributed by atoms with Gasteiger partial charge >= 0.3 is 6.18 Å². The number of hydrogen-bond donors (Lipinski definition) is 2. The molecule has 1 aromatic carbocycles. The first-order valence-electron chi connectivity index (χ1n) is 13.7. The fourth-order valence-electron chi connectivity index (χ4n) is 5.16. The van der Waals surface area contributed by atoms with Crippen molar-refractivity contribution in [2.75, 3.05) is 32.8 Å². The lowest BCUT2D eigenvalue weighted by atomic mass is 9.96. The summed E-state index contributed by atoms with van der Waals surface area (Å²) in [5.41, 5.74) is 0.595. The largest absolute Gasteiger partial charge is 0.451 e. The third kappa shape index (κ3) is 7.91. The van der Waals surface area contributed by atoms with Crippen molar-refractivity contribution in [3.63, 3.8) is 0 Å². The number of alkyl halides is 3. The molecule has 0 aromatic heterocycles. The molecule has 4 amide bonds. The van der Waals surface area contributed by atoms with E-state index >= 15 is 0 Å². The molecule has 2 saturated heterocycles. The van der Waals surface area contributed by atoms with E-state index < -0.39 is 59.6 Å². The highest BCUT2D eigenvalue weighted by Gasteiger charge is 2.50. The number of likely N-dealkylation sites (tertiary alicyclic amines) is 1. The van der Waals surface area contributed by atoms with Crippen molar-refractivity contribution in [3.8, 4) is 0 Å². The quantitative estimate of drug-likeness (QED) is 0.457. The monoisotopic (exact) mass is 582 g/mol. The smallest absolute Gasteiger partial charge is 0.378 e. The van der Waals surface area contributed by atoms with Crippen LogP contribution < -0.4 is 10.6 Å². The van der Waals surface area contributed by atoms with Crippen molar-refractivity contribution < 1.29 is 41.9 Å². The maximum absolute atomic E-state index is 13.3. The summed E-state index contributed by atoms with van der Waals surface area (Å²) >= 11 is 0. The molecule has 10 nitrogen and oxygen atoms in total. The van der Waals surface area contributed by atoms with Crippen LogP contribution in [-0.2, 0) is 19.1 Å². The molecular formula is C28H37F3N4O6. The molecule has 0 aliphatic carbocycles. The minimum Gasteiger partial charge on any atom is -0.378 e. The topological polar surface area (TPSA) is 125 Å². The van der Waals surface area contributed by atoms with Crippen molar-refractivity contribution in [1.82, 2.24) is 20.4 Å². The summed E-state index contributed by atoms with van der Waals surface area (Å²) in [7, 11) is 0. The highest BCUT2D eigenvalue weighted by atomic mass is 19.4. The molecule has 3 atom stereocenters. The van der Waals surface area contributed by atoms with Crippen LogP contribution in [0.5, 0.6) is 0 Å². The van der Waals surface area contributed by atoms with E-state index in [1.807, 2.05) is 0 Å². The summed E-state index contributed by atoms with van der Waals surface area (Å²) in [6.45, 7) is 8.23. The standard InChI is InChI=1S/C28H37F3N4O6/c1-16(2)21(32-24(37)18-7-9-19(10-8-18)27(40)34-12-14-41-15-13-34)26(39)33-25(38)20-6-5-11-35(20)22(17(3)4)23(36)28(29,30)31/h7-10,16-17,20-22H,5-6,11-15H2,1-4H3,(H,32,37)(H,33,38,39)/t20-,21-,22?/m0/s1. The first kappa shape index (κ1) is 32.2. The van der Waals surface area contributed by atoms with Gasteiger partial charge in [-0.2, -0.15) is 13.2 Å². The zero-order valence-electron chi connectivity index (χ0n) is 23.6. The number of halogens is 3. The molecule has 1 aromatic rings. The first-order valence-corrected chi connectivity index (χ1v) is 13.7. The Labute approximate surface area is 236 Å². The van der Waals surface area contributed by atoms with E-state index in [1.54, 1.807) is 18.7 Å². The zero-order valence-corrected chi connectivity index (χ0v) is 23.6. The van der Waals surface area contributed by atoms with E-state index in [-0.39, 0.29) is 24.4 Å². The fourth-order valence-corrected chi connectivity index (χ4v) is 5.16. The van der Waals surface area contributed by atoms with Crippen LogP contribution in [0.1, 0.15) is 61.3 Å². The summed E-state index contributed by atoms with van der Waals surface area (Å²) in [6.07, 6.45) is -4.49. The number of nitrogens with zero attached hydrogens (tertiary/aromatic N) is 2. The van der Waals surface area contributed by atoms with Gasteiger partial charge in [0.05, 0.1) is 25.3 Å². The van der Waals surface area contributed by atoms with E-state index in [1.165, 1.54) is 43.0 Å². The van der Waals surface area contributed by atoms with Gasteiger partial charge in [0.1, 0.15) is 6.04 Å². The predicted molar refractivity (Wildman–Crippen MR) is 142 cm³/mol. The van der Waals surface area contributed by atoms with Crippen LogP contribution >= 0.6 is 0 Å². The zero-order chi connectivity index (χ0) is 30.5. The van der Waals surface area contributed by atoms with Gasteiger partial charge in [-0.1, -0.05) is 27.7 Å². The van der Waals surface area contributed by atoms with Gasteiger partial charge in [0, 0.05) is 24.2 Å². The predicted octanol–water partition coefficient (Wildman–Crippen LogP) is 2.18. The molecule has 41 heavy (non-hydrogen) atoms. The minimum atomic E-state index is -5.06. The van der Waals surface area contributed by atoms with Crippen LogP contribution in [0, 0.1) is 11.8 Å². The summed E-state index contributed by atoms with van der Waals surface area (Å²) in [6, 6.07) is 2.17. The number of ether oxygens (including phenoxy) is 1. The Hall–Kier alpha value is -3.32. The van der Waals surface area contributed by atoms with Gasteiger partial charge in [-0.05, 0) is 55.5 Å². The van der Waals surface area contributed by atoms with Gasteiger partial charge in [-0.15, -0.1) is 0 Å². The number of ketones is 1. The van der Waals surface area contributed by atoms with E-state index in [2.05, 4.69) is 10.6 Å². The van der Waals surface area contributed by atoms with Crippen LogP contribution in [-0.4, -0.2) is 96.4 Å². The summed E-state index contributed by atoms with van der Waals surface area (Å²) < 4.78 is 45.0. The molecule has 13 heteroatoms. The second-order valence-electron chi connectivity index (χ2n) is 11.0. The lowest BCUT2D eigenvalue weighted by Crippen LogP contribution is -2.58. The highest BCUT2D eigenvalue weighted by molar-refractivity contribution is 6.04. The highest BCUT2D eigenvalue weighted by Crippen LogP contribution is 2.30. The molecule has 2 N–H and O–H groups in total. The number of amides is 4. The Morgan fingerprint density at radius 3 is 2.02 bits per heavy atom. The Balaban J connectivity index is 1.66. The number of rotatable bonds is 9. The van der Waals surface area contributed by atoms with Crippen molar-refractivity contribution in [1.29, 1.82) is 0 Å². The lowest BCUT2D eigenvalue weighted by molar-refractivity contribution is -0.179. The average molecular weight is 583 g/mol. The van der Waals surface area contributed by atoms with Crippen LogP contribution in [0.15, 0.2) is 24.3 Å². The molecule has 2 heterocycles. The van der Waals surface area contributed by atoms with Crippen LogP contribution in [0.2, 0.25) is 0 Å². The molecule has 0 saturated carbocycles. The number of imide groups is 1. The maximum atomic E-state index is 13.3. The van der Waals surface area contributed by atoms with E-state index in [0.717, 1.165) is 0 Å². The van der Waals surface area contributed by atoms with Crippen molar-refractivity contribution in [2.24, 2.45) is 11.8 Å². The number of Topliss-reactive ketones (excluding diaryl/α,β-unsaturated/α-hetero) is 1. The fraction of sp³-hybridized carbons (Fsp3) is 0.607. The van der Waals surface area contributed by atoms with Crippen LogP contribution in [0.3, 0.4) is 0 Å². The molecule has 3 rings (SSSR count). The van der Waals surface area contributed by atoms with Gasteiger partial charge < -0.3 is 15.0 Å². The second kappa shape index (κ2) is 13.6. The van der Waals surface area contributed by atoms with Gasteiger partial charge in [0.15, 0.2) is 0 Å². The molecule has 1 unspecified atom stereocenters. The SMILES string of the molecule is CC(C)C(C(=O)C(F)(F)F)N1CCC[C@H]1C(=O)NC(=O)[C@@H](NC(=O)c1ccc(C(=O)N2CCOCC2)cc1)C(C)C. The summed E-state index contributed by atoms with van der Waals surface area (Å²) in [5, 5.41) is 4.83. The Bertz CT molecular complexity index is 1130. The minimum absolute atomic E-state index is 0.103. The van der Waals surface area contributed by atoms with Crippen LogP contribution in [0.4, 0.5) is 13.2 Å². The first-order chi connectivity index (χ1) is 19.2. The Morgan fingerprint density at radius 2 is 1.49 bits per heavy atom. The molecule has 2 aliphatic heterocycles. The van der Waals surface area contributed by atoms with E-state index in [0.29, 0.717) is 38.3 Å². The maximum Gasteiger partial charge on any atom is 0.451 e. The van der Waals surface area contributed by atoms with Gasteiger partial charge in [-0.25, -0.2) is 0 Å². The van der Waals surface area contributed by atoms with E-state index in [4.69, 9.17) is 4.74 Å². The van der Waals surface area contributed by atoms with Gasteiger partial charge in [0.25, 0.3) is 17.6 Å². The molecule has 0 bridgehead atoms. The Morgan fingerprint density at radius 1 is 0.902 bits per heavy atom. The molecule has 2 fully saturated rings. The molecule has 2 aliphatic rings. The number of benzene rings is 1. The van der Waals surface area contributed by atoms with Crippen molar-refractivity contribution >= 4 is 29.4 Å². The number of hydrogen-bond acceptors (Lipinski definition) is 7. The number of carbonyl (C=O) groups excluding carboxylic acids is 5. The Kier molecular flexibility index (Phi) is 10.6. The van der Waals surface area contributed by atoms with E-state index in [9.17, 15) is 37.1 Å². The van der Waals surface area contributed by atoms with Gasteiger partial charge in [0.2, 0.25) is 11.8 Å². The third-order valence-corrected chi connectivity index (χ3v) is 7.31. The number of carbonyl (C=O) groups is 5. The average Bonchev–Trinajstić information content (AvgIpc) is 3.40. The summed E-state index contributed by atoms with van der Waals surface area (Å²) in [5.74, 6) is -5.50. The third-order valence-electron chi connectivity index (χ3n) is 7.31. The van der Waals surface area contributed by atoms with Crippen LogP contribution in [0.25, 0.3) is 0 Å². The normalized spacial score (nSPS) is 19.6. The van der Waals surface area contributed by atoms with Crippen molar-refractivity contribution in [3.05, 3.63) is 35.4 Å².